The summed E-state index contributed by atoms with van der Waals surface area (Å²) >= 11 is 0. The van der Waals surface area contributed by atoms with Gasteiger partial charge in [-0.1, -0.05) is 0 Å². The minimum Gasteiger partial charge on any atom is -0.367 e. The molecule has 0 aromatic rings. The molecule has 2 rings (SSSR count). The summed E-state index contributed by atoms with van der Waals surface area (Å²) in [6, 6.07) is 0. The summed E-state index contributed by atoms with van der Waals surface area (Å²) in [6.07, 6.45) is 4.63. The lowest BCUT2D eigenvalue weighted by Gasteiger charge is -2.30. The predicted octanol–water partition coefficient (Wildman–Crippen LogP) is 1.12. The van der Waals surface area contributed by atoms with E-state index >= 15 is 0 Å². The van der Waals surface area contributed by atoms with Gasteiger partial charge in [0.15, 0.2) is 5.78 Å². The third-order valence-electron chi connectivity index (χ3n) is 3.36. The molecular weight excluding hydrogens is 180 g/mol. The first-order chi connectivity index (χ1) is 6.57. The number of carbonyl (C=O) groups excluding carboxylic acids is 2. The number of carbonyl (C=O) groups is 2. The minimum atomic E-state index is -0.418. The molecule has 2 aliphatic rings. The Hall–Kier alpha value is -0.960. The van der Waals surface area contributed by atoms with Gasteiger partial charge >= 0.3 is 0 Å². The first-order valence-electron chi connectivity index (χ1n) is 4.92. The van der Waals surface area contributed by atoms with Gasteiger partial charge in [0.25, 0.3) is 0 Å². The lowest BCUT2D eigenvalue weighted by Crippen LogP contribution is -2.36. The summed E-state index contributed by atoms with van der Waals surface area (Å²) in [7, 11) is 0. The second kappa shape index (κ2) is 3.02. The molecule has 0 bridgehead atoms. The maximum Gasteiger partial charge on any atom is 0.155 e. The van der Waals surface area contributed by atoms with Crippen molar-refractivity contribution in [2.75, 3.05) is 0 Å². The summed E-state index contributed by atoms with van der Waals surface area (Å²) in [4.78, 5) is 22.2. The van der Waals surface area contributed by atoms with Gasteiger partial charge in [0.1, 0.15) is 6.29 Å². The highest BCUT2D eigenvalue weighted by atomic mass is 16.5. The van der Waals surface area contributed by atoms with Gasteiger partial charge < -0.3 is 9.53 Å². The number of ether oxygens (including phenoxy) is 1. The van der Waals surface area contributed by atoms with Crippen LogP contribution in [0, 0.1) is 11.8 Å². The fraction of sp³-hybridized carbons (Fsp3) is 0.636. The van der Waals surface area contributed by atoms with E-state index in [2.05, 4.69) is 0 Å². The maximum atomic E-state index is 11.3. The third kappa shape index (κ3) is 1.23. The highest BCUT2D eigenvalue weighted by Crippen LogP contribution is 2.44. The molecule has 4 atom stereocenters. The number of ketones is 1. The van der Waals surface area contributed by atoms with Crippen molar-refractivity contribution in [3.05, 3.63) is 12.2 Å². The van der Waals surface area contributed by atoms with E-state index < -0.39 is 5.60 Å². The molecule has 1 fully saturated rings. The molecule has 0 spiro atoms. The summed E-state index contributed by atoms with van der Waals surface area (Å²) in [5.74, 6) is -0.0292. The van der Waals surface area contributed by atoms with Gasteiger partial charge in [-0.05, 0) is 26.0 Å². The van der Waals surface area contributed by atoms with Gasteiger partial charge in [-0.2, -0.15) is 0 Å². The fourth-order valence-electron chi connectivity index (χ4n) is 2.53. The molecule has 1 saturated heterocycles. The minimum absolute atomic E-state index is 0.0208. The molecule has 0 N–H and O–H groups in total. The molecule has 0 aromatic carbocycles. The molecule has 0 aromatic heterocycles. The van der Waals surface area contributed by atoms with E-state index in [0.717, 1.165) is 6.29 Å². The van der Waals surface area contributed by atoms with E-state index in [4.69, 9.17) is 4.74 Å². The lowest BCUT2D eigenvalue weighted by atomic mass is 9.75. The molecule has 14 heavy (non-hydrogen) atoms. The highest BCUT2D eigenvalue weighted by molar-refractivity contribution is 5.91. The van der Waals surface area contributed by atoms with Gasteiger partial charge in [0, 0.05) is 18.3 Å². The van der Waals surface area contributed by atoms with E-state index in [1.54, 1.807) is 12.2 Å². The van der Waals surface area contributed by atoms with E-state index in [1.165, 1.54) is 0 Å². The lowest BCUT2D eigenvalue weighted by molar-refractivity contribution is -0.118. The second-order valence-electron chi connectivity index (χ2n) is 4.33. The molecule has 1 aliphatic heterocycles. The molecule has 0 radical (unpaired) electrons. The van der Waals surface area contributed by atoms with Crippen molar-refractivity contribution in [2.45, 2.75) is 32.0 Å². The van der Waals surface area contributed by atoms with Crippen LogP contribution in [0.5, 0.6) is 0 Å². The number of aldehydes is 1. The Morgan fingerprint density at radius 2 is 2.36 bits per heavy atom. The van der Waals surface area contributed by atoms with Crippen molar-refractivity contribution in [2.24, 2.45) is 11.8 Å². The smallest absolute Gasteiger partial charge is 0.155 e. The van der Waals surface area contributed by atoms with Crippen LogP contribution in [-0.4, -0.2) is 23.8 Å². The molecule has 0 unspecified atom stereocenters. The molecule has 0 amide bonds. The van der Waals surface area contributed by atoms with Crippen LogP contribution in [-0.2, 0) is 14.3 Å². The van der Waals surface area contributed by atoms with Gasteiger partial charge in [0.2, 0.25) is 0 Å². The molecule has 1 aliphatic carbocycles. The first kappa shape index (κ1) is 9.59. The maximum absolute atomic E-state index is 11.3. The molecule has 0 saturated carbocycles. The highest BCUT2D eigenvalue weighted by Gasteiger charge is 2.50. The largest absolute Gasteiger partial charge is 0.367 e. The average Bonchev–Trinajstić information content (AvgIpc) is 2.36. The Bertz CT molecular complexity index is 308. The Kier molecular flexibility index (Phi) is 2.07. The van der Waals surface area contributed by atoms with Crippen molar-refractivity contribution in [1.29, 1.82) is 0 Å². The van der Waals surface area contributed by atoms with Crippen molar-refractivity contribution >= 4 is 12.1 Å². The zero-order valence-electron chi connectivity index (χ0n) is 8.40. The Labute approximate surface area is 83.1 Å². The molecular formula is C11H14O3. The van der Waals surface area contributed by atoms with Crippen LogP contribution < -0.4 is 0 Å². The third-order valence-corrected chi connectivity index (χ3v) is 3.36. The van der Waals surface area contributed by atoms with Crippen LogP contribution >= 0.6 is 0 Å². The van der Waals surface area contributed by atoms with E-state index in [9.17, 15) is 9.59 Å². The summed E-state index contributed by atoms with van der Waals surface area (Å²) in [5, 5.41) is 0. The predicted molar refractivity (Wildman–Crippen MR) is 50.8 cm³/mol. The zero-order valence-corrected chi connectivity index (χ0v) is 8.40. The first-order valence-corrected chi connectivity index (χ1v) is 4.92. The fourth-order valence-corrected chi connectivity index (χ4v) is 2.53. The summed E-state index contributed by atoms with van der Waals surface area (Å²) < 4.78 is 5.73. The van der Waals surface area contributed by atoms with Crippen LogP contribution in [0.25, 0.3) is 0 Å². The van der Waals surface area contributed by atoms with Crippen LogP contribution in [0.4, 0.5) is 0 Å². The second-order valence-corrected chi connectivity index (χ2v) is 4.33. The Morgan fingerprint density at radius 3 is 3.00 bits per heavy atom. The number of allylic oxidation sites excluding steroid dienone is 1. The van der Waals surface area contributed by atoms with Crippen LogP contribution in [0.2, 0.25) is 0 Å². The topological polar surface area (TPSA) is 43.4 Å². The number of fused-ring (bicyclic) bond motifs is 1. The zero-order chi connectivity index (χ0) is 10.3. The van der Waals surface area contributed by atoms with Gasteiger partial charge in [-0.3, -0.25) is 4.79 Å². The SMILES string of the molecule is C[C@H]1O[C@]2(C)C=CC(=O)C[C@@H]2[C@H]1C=O. The molecule has 76 valence electrons. The van der Waals surface area contributed by atoms with E-state index in [-0.39, 0.29) is 23.7 Å². The quantitative estimate of drug-likeness (QED) is 0.587. The van der Waals surface area contributed by atoms with Crippen LogP contribution in [0.1, 0.15) is 20.3 Å². The monoisotopic (exact) mass is 194 g/mol. The summed E-state index contributed by atoms with van der Waals surface area (Å²) in [6.45, 7) is 3.83. The standard InChI is InChI=1S/C11H14O3/c1-7-9(6-12)10-5-8(13)3-4-11(10,2)14-7/h3-4,6-7,9-10H,5H2,1-2H3/t7-,9+,10-,11-/m1/s1. The normalized spacial score (nSPS) is 46.4. The van der Waals surface area contributed by atoms with Crippen molar-refractivity contribution < 1.29 is 14.3 Å². The van der Waals surface area contributed by atoms with Gasteiger partial charge in [0.05, 0.1) is 11.7 Å². The Balaban J connectivity index is 2.35. The van der Waals surface area contributed by atoms with Gasteiger partial charge in [-0.15, -0.1) is 0 Å². The van der Waals surface area contributed by atoms with Crippen LogP contribution in [0.3, 0.4) is 0 Å². The molecule has 3 nitrogen and oxygen atoms in total. The Morgan fingerprint density at radius 1 is 1.64 bits per heavy atom. The van der Waals surface area contributed by atoms with E-state index in [1.807, 2.05) is 13.8 Å². The van der Waals surface area contributed by atoms with Crippen molar-refractivity contribution in [3.63, 3.8) is 0 Å². The van der Waals surface area contributed by atoms with Crippen molar-refractivity contribution in [3.8, 4) is 0 Å². The average molecular weight is 194 g/mol. The van der Waals surface area contributed by atoms with Crippen molar-refractivity contribution in [1.82, 2.24) is 0 Å². The summed E-state index contributed by atoms with van der Waals surface area (Å²) in [5.41, 5.74) is -0.418. The number of hydrogen-bond donors (Lipinski definition) is 0. The molecule has 3 heteroatoms. The number of rotatable bonds is 1. The van der Waals surface area contributed by atoms with Gasteiger partial charge in [-0.25, -0.2) is 0 Å². The van der Waals surface area contributed by atoms with Crippen LogP contribution in [0.15, 0.2) is 12.2 Å². The number of hydrogen-bond acceptors (Lipinski definition) is 3. The molecule has 1 heterocycles. The van der Waals surface area contributed by atoms with E-state index in [0.29, 0.717) is 6.42 Å².